The third-order valence-electron chi connectivity index (χ3n) is 2.09. The molecule has 6 heteroatoms. The largest absolute Gasteiger partial charge is 0.329 e. The number of nitrogens with one attached hydrogen (secondary N) is 1. The average molecular weight is 314 g/mol. The highest BCUT2D eigenvalue weighted by Crippen LogP contribution is 2.26. The molecule has 1 atom stereocenters. The molecule has 16 heavy (non-hydrogen) atoms. The van der Waals surface area contributed by atoms with Gasteiger partial charge in [-0.15, -0.1) is 0 Å². The Bertz CT molecular complexity index is 350. The van der Waals surface area contributed by atoms with Gasteiger partial charge in [-0.25, -0.2) is 8.78 Å². The summed E-state index contributed by atoms with van der Waals surface area (Å²) in [5.74, 6) is 0. The smallest absolute Gasteiger partial charge is 0.250 e. The van der Waals surface area contributed by atoms with Crippen molar-refractivity contribution >= 4 is 27.5 Å². The summed E-state index contributed by atoms with van der Waals surface area (Å²) < 4.78 is 25.0. The van der Waals surface area contributed by atoms with Gasteiger partial charge in [0.25, 0.3) is 6.43 Å². The summed E-state index contributed by atoms with van der Waals surface area (Å²) in [6, 6.07) is 4.93. The summed E-state index contributed by atoms with van der Waals surface area (Å²) in [5.41, 5.74) is 6.25. The van der Waals surface area contributed by atoms with Crippen LogP contribution in [0.15, 0.2) is 22.7 Å². The second kappa shape index (κ2) is 6.49. The van der Waals surface area contributed by atoms with Crippen LogP contribution in [0.4, 0.5) is 8.78 Å². The molecule has 0 saturated heterocycles. The predicted octanol–water partition coefficient (Wildman–Crippen LogP) is 2.96. The number of rotatable bonds is 5. The lowest BCUT2D eigenvalue weighted by atomic mass is 10.1. The molecule has 0 fully saturated rings. The van der Waals surface area contributed by atoms with Crippen molar-refractivity contribution in [2.45, 2.75) is 12.5 Å². The first-order valence-corrected chi connectivity index (χ1v) is 5.88. The summed E-state index contributed by atoms with van der Waals surface area (Å²) >= 11 is 9.28. The maximum absolute atomic E-state index is 12.1. The number of hydrogen-bond acceptors (Lipinski definition) is 2. The van der Waals surface area contributed by atoms with Crippen LogP contribution in [0.5, 0.6) is 0 Å². The van der Waals surface area contributed by atoms with E-state index < -0.39 is 13.0 Å². The fourth-order valence-corrected chi connectivity index (χ4v) is 2.14. The van der Waals surface area contributed by atoms with Crippen molar-refractivity contribution < 1.29 is 8.78 Å². The van der Waals surface area contributed by atoms with E-state index in [-0.39, 0.29) is 12.6 Å². The average Bonchev–Trinajstić information content (AvgIpc) is 2.21. The standard InChI is InChI=1S/C10H12BrClF2N2/c11-6-1-2-7(8(12)3-6)9(4-15)16-5-10(13)14/h1-3,9-10,16H,4-5,15H2. The van der Waals surface area contributed by atoms with Crippen LogP contribution in [-0.2, 0) is 0 Å². The van der Waals surface area contributed by atoms with E-state index in [1.807, 2.05) is 0 Å². The number of hydrogen-bond donors (Lipinski definition) is 2. The summed E-state index contributed by atoms with van der Waals surface area (Å²) in [4.78, 5) is 0. The maximum atomic E-state index is 12.1. The number of halogens is 4. The first-order valence-electron chi connectivity index (χ1n) is 4.71. The van der Waals surface area contributed by atoms with Crippen LogP contribution in [0.2, 0.25) is 5.02 Å². The SMILES string of the molecule is NCC(NCC(F)F)c1ccc(Br)cc1Cl. The van der Waals surface area contributed by atoms with E-state index in [4.69, 9.17) is 17.3 Å². The van der Waals surface area contributed by atoms with E-state index in [9.17, 15) is 8.78 Å². The van der Waals surface area contributed by atoms with Gasteiger partial charge in [-0.05, 0) is 17.7 Å². The minimum Gasteiger partial charge on any atom is -0.329 e. The molecule has 0 spiro atoms. The van der Waals surface area contributed by atoms with Crippen LogP contribution in [0.3, 0.4) is 0 Å². The molecule has 1 rings (SSSR count). The van der Waals surface area contributed by atoms with Crippen molar-refractivity contribution in [3.05, 3.63) is 33.3 Å². The topological polar surface area (TPSA) is 38.0 Å². The summed E-state index contributed by atoms with van der Waals surface area (Å²) in [5, 5.41) is 3.18. The lowest BCUT2D eigenvalue weighted by molar-refractivity contribution is 0.141. The lowest BCUT2D eigenvalue weighted by Gasteiger charge is -2.18. The number of alkyl halides is 2. The quantitative estimate of drug-likeness (QED) is 0.877. The van der Waals surface area contributed by atoms with Crippen LogP contribution < -0.4 is 11.1 Å². The lowest BCUT2D eigenvalue weighted by Crippen LogP contribution is -2.32. The predicted molar refractivity (Wildman–Crippen MR) is 65.0 cm³/mol. The Hall–Kier alpha value is -0.230. The maximum Gasteiger partial charge on any atom is 0.250 e. The van der Waals surface area contributed by atoms with Crippen molar-refractivity contribution in [2.24, 2.45) is 5.73 Å². The molecule has 0 amide bonds. The van der Waals surface area contributed by atoms with Gasteiger partial charge in [-0.2, -0.15) is 0 Å². The molecule has 0 aliphatic heterocycles. The van der Waals surface area contributed by atoms with Crippen LogP contribution in [0, 0.1) is 0 Å². The van der Waals surface area contributed by atoms with Gasteiger partial charge in [-0.3, -0.25) is 0 Å². The van der Waals surface area contributed by atoms with Gasteiger partial charge >= 0.3 is 0 Å². The first-order chi connectivity index (χ1) is 7.54. The van der Waals surface area contributed by atoms with Gasteiger partial charge < -0.3 is 11.1 Å². The fraction of sp³-hybridized carbons (Fsp3) is 0.400. The molecule has 2 nitrogen and oxygen atoms in total. The molecular weight excluding hydrogens is 301 g/mol. The highest BCUT2D eigenvalue weighted by atomic mass is 79.9. The van der Waals surface area contributed by atoms with Crippen molar-refractivity contribution in [3.63, 3.8) is 0 Å². The van der Waals surface area contributed by atoms with Crippen molar-refractivity contribution in [1.82, 2.24) is 5.32 Å². The molecule has 1 aromatic carbocycles. The summed E-state index contributed by atoms with van der Waals surface area (Å²) in [6.45, 7) is -0.178. The molecule has 0 heterocycles. The minimum atomic E-state index is -2.40. The second-order valence-corrected chi connectivity index (χ2v) is 4.58. The second-order valence-electron chi connectivity index (χ2n) is 3.25. The Kier molecular flexibility index (Phi) is 5.61. The highest BCUT2D eigenvalue weighted by molar-refractivity contribution is 9.10. The van der Waals surface area contributed by atoms with E-state index in [0.717, 1.165) is 10.0 Å². The molecular formula is C10H12BrClF2N2. The van der Waals surface area contributed by atoms with E-state index in [1.54, 1.807) is 18.2 Å². The molecule has 3 N–H and O–H groups in total. The fourth-order valence-electron chi connectivity index (χ4n) is 1.34. The Balaban J connectivity index is 2.78. The molecule has 1 unspecified atom stereocenters. The molecule has 1 aromatic rings. The zero-order valence-electron chi connectivity index (χ0n) is 8.39. The molecule has 0 aromatic heterocycles. The Labute approximate surface area is 106 Å². The van der Waals surface area contributed by atoms with Gasteiger partial charge in [0, 0.05) is 22.1 Å². The van der Waals surface area contributed by atoms with E-state index in [2.05, 4.69) is 21.2 Å². The van der Waals surface area contributed by atoms with E-state index in [0.29, 0.717) is 5.02 Å². The van der Waals surface area contributed by atoms with Gasteiger partial charge in [0.1, 0.15) is 0 Å². The summed E-state index contributed by atoms with van der Waals surface area (Å²) in [6.07, 6.45) is -2.40. The number of benzene rings is 1. The molecule has 0 bridgehead atoms. The van der Waals surface area contributed by atoms with Crippen LogP contribution >= 0.6 is 27.5 Å². The third kappa shape index (κ3) is 3.97. The van der Waals surface area contributed by atoms with Crippen LogP contribution in [0.25, 0.3) is 0 Å². The van der Waals surface area contributed by atoms with Gasteiger partial charge in [0.15, 0.2) is 0 Å². The zero-order chi connectivity index (χ0) is 12.1. The van der Waals surface area contributed by atoms with Gasteiger partial charge in [-0.1, -0.05) is 33.6 Å². The van der Waals surface area contributed by atoms with Crippen molar-refractivity contribution in [2.75, 3.05) is 13.1 Å². The first kappa shape index (κ1) is 13.8. The molecule has 0 aliphatic carbocycles. The third-order valence-corrected chi connectivity index (χ3v) is 2.91. The zero-order valence-corrected chi connectivity index (χ0v) is 10.7. The normalized spacial score (nSPS) is 13.1. The summed E-state index contributed by atoms with van der Waals surface area (Å²) in [7, 11) is 0. The molecule has 90 valence electrons. The molecule has 0 aliphatic rings. The Morgan fingerprint density at radius 3 is 2.62 bits per heavy atom. The minimum absolute atomic E-state index is 0.216. The molecule has 0 saturated carbocycles. The Morgan fingerprint density at radius 2 is 2.12 bits per heavy atom. The van der Waals surface area contributed by atoms with Crippen molar-refractivity contribution in [3.8, 4) is 0 Å². The molecule has 0 radical (unpaired) electrons. The highest BCUT2D eigenvalue weighted by Gasteiger charge is 2.14. The Morgan fingerprint density at radius 1 is 1.44 bits per heavy atom. The van der Waals surface area contributed by atoms with Crippen LogP contribution in [-0.4, -0.2) is 19.5 Å². The van der Waals surface area contributed by atoms with E-state index in [1.165, 1.54) is 0 Å². The van der Waals surface area contributed by atoms with Crippen molar-refractivity contribution in [1.29, 1.82) is 0 Å². The monoisotopic (exact) mass is 312 g/mol. The van der Waals surface area contributed by atoms with E-state index >= 15 is 0 Å². The van der Waals surface area contributed by atoms with Gasteiger partial charge in [0.05, 0.1) is 6.54 Å². The number of nitrogens with two attached hydrogens (primary N) is 1. The van der Waals surface area contributed by atoms with Crippen LogP contribution in [0.1, 0.15) is 11.6 Å². The van der Waals surface area contributed by atoms with Gasteiger partial charge in [0.2, 0.25) is 0 Å².